The molecule has 0 aliphatic carbocycles. The molecule has 108 valence electrons. The van der Waals surface area contributed by atoms with Gasteiger partial charge in [0.05, 0.1) is 17.7 Å². The van der Waals surface area contributed by atoms with Crippen LogP contribution in [-0.2, 0) is 10.0 Å². The molecular formula is C13H15ClN2O3S. The summed E-state index contributed by atoms with van der Waals surface area (Å²) in [6.45, 7) is 0.630. The Morgan fingerprint density at radius 2 is 2.25 bits per heavy atom. The van der Waals surface area contributed by atoms with Crippen molar-refractivity contribution in [2.24, 2.45) is 5.73 Å². The van der Waals surface area contributed by atoms with Crippen LogP contribution in [-0.4, -0.2) is 43.6 Å². The Hall–Kier alpha value is -1.10. The van der Waals surface area contributed by atoms with Crippen LogP contribution in [0.5, 0.6) is 0 Å². The summed E-state index contributed by atoms with van der Waals surface area (Å²) in [5.74, 6) is 5.47. The van der Waals surface area contributed by atoms with Gasteiger partial charge in [0.2, 0.25) is 10.0 Å². The number of nitrogens with zero attached hydrogens (tertiary/aromatic N) is 1. The van der Waals surface area contributed by atoms with Crippen LogP contribution in [0.2, 0.25) is 5.02 Å². The predicted octanol–water partition coefficient (Wildman–Crippen LogP) is 0.406. The van der Waals surface area contributed by atoms with Gasteiger partial charge in [0.15, 0.2) is 0 Å². The van der Waals surface area contributed by atoms with E-state index in [-0.39, 0.29) is 23.0 Å². The molecule has 7 heteroatoms. The average molecular weight is 315 g/mol. The molecule has 1 unspecified atom stereocenters. The zero-order chi connectivity index (χ0) is 14.8. The number of sulfonamides is 1. The number of halogens is 1. The molecule has 1 fully saturated rings. The number of aliphatic hydroxyl groups is 1. The highest BCUT2D eigenvalue weighted by Gasteiger charge is 2.32. The number of rotatable bonds is 2. The Balaban J connectivity index is 2.33. The highest BCUT2D eigenvalue weighted by Crippen LogP contribution is 2.27. The molecule has 0 saturated carbocycles. The van der Waals surface area contributed by atoms with Crippen LogP contribution in [0.1, 0.15) is 12.0 Å². The number of benzene rings is 1. The molecule has 1 aromatic carbocycles. The molecule has 0 amide bonds. The zero-order valence-corrected chi connectivity index (χ0v) is 12.3. The molecule has 0 radical (unpaired) electrons. The molecule has 1 heterocycles. The van der Waals surface area contributed by atoms with Crippen LogP contribution in [0, 0.1) is 11.8 Å². The normalized spacial score (nSPS) is 19.6. The van der Waals surface area contributed by atoms with Crippen molar-refractivity contribution in [2.45, 2.75) is 17.4 Å². The third kappa shape index (κ3) is 3.14. The molecule has 20 heavy (non-hydrogen) atoms. The number of hydrogen-bond donors (Lipinski definition) is 2. The van der Waals surface area contributed by atoms with Crippen molar-refractivity contribution in [1.82, 2.24) is 4.31 Å². The molecule has 5 nitrogen and oxygen atoms in total. The lowest BCUT2D eigenvalue weighted by molar-refractivity contribution is 0.189. The van der Waals surface area contributed by atoms with E-state index in [0.717, 1.165) is 0 Å². The van der Waals surface area contributed by atoms with Crippen molar-refractivity contribution in [3.05, 3.63) is 28.8 Å². The Kier molecular flexibility index (Phi) is 4.68. The number of aliphatic hydroxyl groups excluding tert-OH is 1. The SMILES string of the molecule is NCC#Cc1ccc(S(=O)(=O)N2CCC(O)C2)c(Cl)c1. The van der Waals surface area contributed by atoms with E-state index in [0.29, 0.717) is 18.5 Å². The molecule has 1 aliphatic rings. The van der Waals surface area contributed by atoms with E-state index in [1.165, 1.54) is 16.4 Å². The topological polar surface area (TPSA) is 83.6 Å². The van der Waals surface area contributed by atoms with Gasteiger partial charge >= 0.3 is 0 Å². The molecule has 3 N–H and O–H groups in total. The third-order valence-electron chi connectivity index (χ3n) is 3.01. The fourth-order valence-corrected chi connectivity index (χ4v) is 4.02. The van der Waals surface area contributed by atoms with E-state index >= 15 is 0 Å². The first kappa shape index (κ1) is 15.3. The van der Waals surface area contributed by atoms with Crippen molar-refractivity contribution >= 4 is 21.6 Å². The summed E-state index contributed by atoms with van der Waals surface area (Å²) in [7, 11) is -3.67. The van der Waals surface area contributed by atoms with E-state index in [4.69, 9.17) is 17.3 Å². The van der Waals surface area contributed by atoms with Crippen LogP contribution in [0.3, 0.4) is 0 Å². The molecular weight excluding hydrogens is 300 g/mol. The smallest absolute Gasteiger partial charge is 0.244 e. The van der Waals surface area contributed by atoms with Crippen LogP contribution < -0.4 is 5.73 Å². The van der Waals surface area contributed by atoms with E-state index < -0.39 is 16.1 Å². The van der Waals surface area contributed by atoms with Gasteiger partial charge in [0.25, 0.3) is 0 Å². The minimum atomic E-state index is -3.67. The molecule has 1 aliphatic heterocycles. The molecule has 1 saturated heterocycles. The minimum absolute atomic E-state index is 0.0339. The summed E-state index contributed by atoms with van der Waals surface area (Å²) in [6.07, 6.45) is -0.171. The Morgan fingerprint density at radius 3 is 2.80 bits per heavy atom. The van der Waals surface area contributed by atoms with Crippen molar-refractivity contribution in [3.63, 3.8) is 0 Å². The standard InChI is InChI=1S/C13H15ClN2O3S/c14-12-8-10(2-1-6-15)3-4-13(12)20(18,19)16-7-5-11(17)9-16/h3-4,8,11,17H,5-7,9,15H2. The lowest BCUT2D eigenvalue weighted by Gasteiger charge is -2.16. The zero-order valence-electron chi connectivity index (χ0n) is 10.7. The summed E-state index contributed by atoms with van der Waals surface area (Å²) in [4.78, 5) is 0.0339. The second kappa shape index (κ2) is 6.12. The predicted molar refractivity (Wildman–Crippen MR) is 76.8 cm³/mol. The largest absolute Gasteiger partial charge is 0.392 e. The average Bonchev–Trinajstić information content (AvgIpc) is 2.83. The molecule has 0 aromatic heterocycles. The van der Waals surface area contributed by atoms with Crippen LogP contribution in [0.4, 0.5) is 0 Å². The van der Waals surface area contributed by atoms with Gasteiger partial charge in [-0.2, -0.15) is 4.31 Å². The maximum absolute atomic E-state index is 12.4. The highest BCUT2D eigenvalue weighted by molar-refractivity contribution is 7.89. The quantitative estimate of drug-likeness (QED) is 0.774. The van der Waals surface area contributed by atoms with Crippen molar-refractivity contribution in [3.8, 4) is 11.8 Å². The molecule has 0 spiro atoms. The van der Waals surface area contributed by atoms with Gasteiger partial charge < -0.3 is 10.8 Å². The summed E-state index contributed by atoms with van der Waals surface area (Å²) in [5, 5.41) is 9.57. The lowest BCUT2D eigenvalue weighted by atomic mass is 10.2. The number of β-amino-alcohol motifs (C(OH)–C–C–N with tert-alkyl or cyclic N) is 1. The summed E-state index contributed by atoms with van der Waals surface area (Å²) < 4.78 is 26.0. The second-order valence-corrected chi connectivity index (χ2v) is 6.77. The fourth-order valence-electron chi connectivity index (χ4n) is 2.01. The summed E-state index contributed by atoms with van der Waals surface area (Å²) >= 11 is 6.04. The maximum Gasteiger partial charge on any atom is 0.244 e. The van der Waals surface area contributed by atoms with Gasteiger partial charge in [-0.15, -0.1) is 0 Å². The fraction of sp³-hybridized carbons (Fsp3) is 0.385. The summed E-state index contributed by atoms with van der Waals surface area (Å²) in [5.41, 5.74) is 5.89. The molecule has 2 rings (SSSR count). The van der Waals surface area contributed by atoms with Gasteiger partial charge in [-0.05, 0) is 24.6 Å². The van der Waals surface area contributed by atoms with E-state index in [1.54, 1.807) is 6.07 Å². The highest BCUT2D eigenvalue weighted by atomic mass is 35.5. The van der Waals surface area contributed by atoms with Crippen molar-refractivity contribution < 1.29 is 13.5 Å². The Bertz CT molecular complexity index is 664. The van der Waals surface area contributed by atoms with Gasteiger partial charge in [0.1, 0.15) is 4.90 Å². The van der Waals surface area contributed by atoms with Crippen molar-refractivity contribution in [1.29, 1.82) is 0 Å². The third-order valence-corrected chi connectivity index (χ3v) is 5.36. The van der Waals surface area contributed by atoms with E-state index in [2.05, 4.69) is 11.8 Å². The summed E-state index contributed by atoms with van der Waals surface area (Å²) in [6, 6.07) is 4.53. The first-order valence-corrected chi connectivity index (χ1v) is 7.93. The van der Waals surface area contributed by atoms with E-state index in [9.17, 15) is 13.5 Å². The molecule has 1 aromatic rings. The molecule has 1 atom stereocenters. The maximum atomic E-state index is 12.4. The monoisotopic (exact) mass is 314 g/mol. The number of hydrogen-bond acceptors (Lipinski definition) is 4. The Labute approximate surface area is 123 Å². The van der Waals surface area contributed by atoms with Crippen LogP contribution >= 0.6 is 11.6 Å². The van der Waals surface area contributed by atoms with Gasteiger partial charge in [0, 0.05) is 18.7 Å². The number of nitrogens with two attached hydrogens (primary N) is 1. The lowest BCUT2D eigenvalue weighted by Crippen LogP contribution is -2.29. The Morgan fingerprint density at radius 1 is 1.50 bits per heavy atom. The minimum Gasteiger partial charge on any atom is -0.392 e. The first-order valence-electron chi connectivity index (χ1n) is 6.12. The van der Waals surface area contributed by atoms with Gasteiger partial charge in [-0.3, -0.25) is 0 Å². The van der Waals surface area contributed by atoms with Crippen LogP contribution in [0.15, 0.2) is 23.1 Å². The van der Waals surface area contributed by atoms with Crippen molar-refractivity contribution in [2.75, 3.05) is 19.6 Å². The van der Waals surface area contributed by atoms with Gasteiger partial charge in [-0.1, -0.05) is 23.4 Å². The second-order valence-electron chi connectivity index (χ2n) is 4.46. The van der Waals surface area contributed by atoms with Crippen LogP contribution in [0.25, 0.3) is 0 Å². The van der Waals surface area contributed by atoms with Gasteiger partial charge in [-0.25, -0.2) is 8.42 Å². The first-order chi connectivity index (χ1) is 9.45. The van der Waals surface area contributed by atoms with E-state index in [1.807, 2.05) is 0 Å². The molecule has 0 bridgehead atoms.